The Balaban J connectivity index is 5.31. The number of nitrogens with one attached hydrogen (secondary N) is 4. The number of rotatable bonds is 20. The molecular formula is C22H50N4O2. The Morgan fingerprint density at radius 2 is 1.25 bits per heavy atom. The first-order valence-corrected chi connectivity index (χ1v) is 11.6. The second-order valence-electron chi connectivity index (χ2n) is 8.00. The standard InChI is InChI=1S/C22H50N4O2/c1-7-23-16-12-20(5)11-13-21(27,19-26-10-4)22(28-6,14-17-24-8-2)15-18-25-9-3/h20,23-27H,7-19H2,1-6H3. The maximum absolute atomic E-state index is 11.9. The van der Waals surface area contributed by atoms with Crippen LogP contribution in [-0.2, 0) is 4.74 Å². The van der Waals surface area contributed by atoms with Gasteiger partial charge in [0.05, 0.1) is 0 Å². The summed E-state index contributed by atoms with van der Waals surface area (Å²) in [7, 11) is 1.77. The highest BCUT2D eigenvalue weighted by atomic mass is 16.5. The second-order valence-corrected chi connectivity index (χ2v) is 8.00. The molecule has 0 bridgehead atoms. The zero-order valence-electron chi connectivity index (χ0n) is 19.6. The summed E-state index contributed by atoms with van der Waals surface area (Å²) in [5.74, 6) is 0.573. The quantitative estimate of drug-likeness (QED) is 0.201. The van der Waals surface area contributed by atoms with Crippen molar-refractivity contribution in [2.24, 2.45) is 5.92 Å². The van der Waals surface area contributed by atoms with Gasteiger partial charge in [0, 0.05) is 13.7 Å². The molecule has 0 aliphatic heterocycles. The summed E-state index contributed by atoms with van der Waals surface area (Å²) in [5.41, 5.74) is -1.46. The Bertz CT molecular complexity index is 347. The van der Waals surface area contributed by atoms with Gasteiger partial charge >= 0.3 is 0 Å². The first-order chi connectivity index (χ1) is 13.4. The molecule has 0 saturated carbocycles. The van der Waals surface area contributed by atoms with Crippen molar-refractivity contribution in [1.29, 1.82) is 0 Å². The summed E-state index contributed by atoms with van der Waals surface area (Å²) in [4.78, 5) is 0. The molecule has 6 heteroatoms. The van der Waals surface area contributed by atoms with Gasteiger partial charge in [0.1, 0.15) is 11.2 Å². The van der Waals surface area contributed by atoms with E-state index in [-0.39, 0.29) is 0 Å². The Morgan fingerprint density at radius 3 is 1.71 bits per heavy atom. The minimum Gasteiger partial charge on any atom is -0.386 e. The molecule has 6 nitrogen and oxygen atoms in total. The van der Waals surface area contributed by atoms with Crippen LogP contribution in [-0.4, -0.2) is 75.8 Å². The minimum atomic E-state index is -0.894. The SMILES string of the molecule is CCNCCC(C)CCC(O)(CNCC)C(CCNCC)(CCNCC)OC. The Labute approximate surface area is 175 Å². The average Bonchev–Trinajstić information content (AvgIpc) is 2.70. The molecule has 2 unspecified atom stereocenters. The van der Waals surface area contributed by atoms with E-state index in [2.05, 4.69) is 55.9 Å². The van der Waals surface area contributed by atoms with Gasteiger partial charge in [0.15, 0.2) is 0 Å². The maximum Gasteiger partial charge on any atom is 0.106 e. The first-order valence-electron chi connectivity index (χ1n) is 11.6. The summed E-state index contributed by atoms with van der Waals surface area (Å²) in [6.45, 7) is 17.8. The predicted molar refractivity (Wildman–Crippen MR) is 121 cm³/mol. The molecule has 0 aliphatic carbocycles. The molecular weight excluding hydrogens is 352 g/mol. The predicted octanol–water partition coefficient (Wildman–Crippen LogP) is 2.13. The van der Waals surface area contributed by atoms with Crippen molar-refractivity contribution in [2.75, 3.05) is 59.5 Å². The second kappa shape index (κ2) is 16.5. The molecule has 0 spiro atoms. The van der Waals surface area contributed by atoms with Crippen molar-refractivity contribution in [3.63, 3.8) is 0 Å². The van der Waals surface area contributed by atoms with Crippen LogP contribution in [0.3, 0.4) is 0 Å². The Morgan fingerprint density at radius 1 is 0.750 bits per heavy atom. The number of aliphatic hydroxyl groups is 1. The lowest BCUT2D eigenvalue weighted by atomic mass is 9.73. The van der Waals surface area contributed by atoms with Gasteiger partial charge in [-0.05, 0) is 83.8 Å². The van der Waals surface area contributed by atoms with Gasteiger partial charge < -0.3 is 31.1 Å². The molecule has 0 aromatic carbocycles. The molecule has 5 N–H and O–H groups in total. The van der Waals surface area contributed by atoms with Gasteiger partial charge in [-0.1, -0.05) is 34.6 Å². The van der Waals surface area contributed by atoms with Crippen LogP contribution >= 0.6 is 0 Å². The van der Waals surface area contributed by atoms with Crippen molar-refractivity contribution in [3.05, 3.63) is 0 Å². The fourth-order valence-electron chi connectivity index (χ4n) is 3.88. The van der Waals surface area contributed by atoms with Crippen molar-refractivity contribution in [1.82, 2.24) is 21.3 Å². The maximum atomic E-state index is 11.9. The number of ether oxygens (including phenoxy) is 1. The van der Waals surface area contributed by atoms with Crippen molar-refractivity contribution in [3.8, 4) is 0 Å². The third-order valence-electron chi connectivity index (χ3n) is 5.93. The molecule has 0 aliphatic rings. The topological polar surface area (TPSA) is 77.6 Å². The molecule has 0 aromatic rings. The van der Waals surface area contributed by atoms with E-state index in [4.69, 9.17) is 4.74 Å². The van der Waals surface area contributed by atoms with Crippen LogP contribution in [0.5, 0.6) is 0 Å². The lowest BCUT2D eigenvalue weighted by Gasteiger charge is -2.47. The van der Waals surface area contributed by atoms with E-state index in [1.165, 1.54) is 0 Å². The smallest absolute Gasteiger partial charge is 0.106 e. The van der Waals surface area contributed by atoms with E-state index < -0.39 is 11.2 Å². The Hall–Kier alpha value is -0.240. The summed E-state index contributed by atoms with van der Waals surface area (Å²) in [6.07, 6.45) is 4.49. The van der Waals surface area contributed by atoms with Gasteiger partial charge in [-0.15, -0.1) is 0 Å². The minimum absolute atomic E-state index is 0.565. The lowest BCUT2D eigenvalue weighted by molar-refractivity contribution is -0.180. The monoisotopic (exact) mass is 402 g/mol. The summed E-state index contributed by atoms with van der Waals surface area (Å²) >= 11 is 0. The van der Waals surface area contributed by atoms with Gasteiger partial charge in [-0.25, -0.2) is 0 Å². The van der Waals surface area contributed by atoms with Gasteiger partial charge in [0.2, 0.25) is 0 Å². The summed E-state index contributed by atoms with van der Waals surface area (Å²) in [6, 6.07) is 0. The molecule has 0 fully saturated rings. The third-order valence-corrected chi connectivity index (χ3v) is 5.93. The summed E-state index contributed by atoms with van der Waals surface area (Å²) < 4.78 is 6.14. The molecule has 0 aromatic heterocycles. The first kappa shape index (κ1) is 27.8. The highest BCUT2D eigenvalue weighted by Crippen LogP contribution is 2.37. The van der Waals surface area contributed by atoms with Crippen LogP contribution in [0.2, 0.25) is 0 Å². The molecule has 28 heavy (non-hydrogen) atoms. The van der Waals surface area contributed by atoms with E-state index in [9.17, 15) is 5.11 Å². The fraction of sp³-hybridized carbons (Fsp3) is 1.00. The van der Waals surface area contributed by atoms with Crippen molar-refractivity contribution < 1.29 is 9.84 Å². The van der Waals surface area contributed by atoms with E-state index in [0.717, 1.165) is 77.9 Å². The van der Waals surface area contributed by atoms with Crippen LogP contribution in [0.4, 0.5) is 0 Å². The molecule has 0 amide bonds. The van der Waals surface area contributed by atoms with Crippen LogP contribution in [0.25, 0.3) is 0 Å². The molecule has 2 atom stereocenters. The van der Waals surface area contributed by atoms with Gasteiger partial charge in [-0.3, -0.25) is 0 Å². The van der Waals surface area contributed by atoms with Crippen LogP contribution in [0, 0.1) is 5.92 Å². The van der Waals surface area contributed by atoms with Gasteiger partial charge in [-0.2, -0.15) is 0 Å². The highest BCUT2D eigenvalue weighted by molar-refractivity contribution is 5.03. The van der Waals surface area contributed by atoms with Crippen LogP contribution in [0.15, 0.2) is 0 Å². The van der Waals surface area contributed by atoms with Gasteiger partial charge in [0.25, 0.3) is 0 Å². The average molecular weight is 403 g/mol. The summed E-state index contributed by atoms with van der Waals surface area (Å²) in [5, 5.41) is 25.6. The zero-order chi connectivity index (χ0) is 21.3. The van der Waals surface area contributed by atoms with E-state index in [0.29, 0.717) is 12.5 Å². The number of hydrogen-bond acceptors (Lipinski definition) is 6. The van der Waals surface area contributed by atoms with Crippen LogP contribution < -0.4 is 21.3 Å². The highest BCUT2D eigenvalue weighted by Gasteiger charge is 2.49. The zero-order valence-corrected chi connectivity index (χ0v) is 19.6. The molecule has 0 saturated heterocycles. The van der Waals surface area contributed by atoms with Crippen molar-refractivity contribution in [2.45, 2.75) is 77.9 Å². The lowest BCUT2D eigenvalue weighted by Crippen LogP contribution is -2.62. The third kappa shape index (κ3) is 9.99. The van der Waals surface area contributed by atoms with E-state index in [1.807, 2.05) is 0 Å². The normalized spacial score (nSPS) is 15.5. The Kier molecular flexibility index (Phi) is 16.4. The molecule has 0 radical (unpaired) electrons. The van der Waals surface area contributed by atoms with E-state index >= 15 is 0 Å². The van der Waals surface area contributed by atoms with E-state index in [1.54, 1.807) is 7.11 Å². The largest absolute Gasteiger partial charge is 0.386 e. The van der Waals surface area contributed by atoms with Crippen molar-refractivity contribution >= 4 is 0 Å². The number of likely N-dealkylation sites (N-methyl/N-ethyl adjacent to an activating group) is 1. The molecule has 0 rings (SSSR count). The number of hydrogen-bond donors (Lipinski definition) is 5. The van der Waals surface area contributed by atoms with Crippen LogP contribution in [0.1, 0.15) is 66.7 Å². The molecule has 170 valence electrons. The fourth-order valence-corrected chi connectivity index (χ4v) is 3.88. The number of methoxy groups -OCH3 is 1. The molecule has 0 heterocycles.